The number of rotatable bonds is 10. The van der Waals surface area contributed by atoms with Gasteiger partial charge in [0, 0.05) is 36.0 Å². The standard InChI is InChI=1S/C21H26N2O3/c1-3-18-19(26-2)12-14-22-20(18)16-8-10-17(11-9-16)21(25)23-13-6-4-5-7-15-24/h3,8-12,14,24H,1,4-7,13,15H2,2H3,(H,23,25). The van der Waals surface area contributed by atoms with Gasteiger partial charge in [0.2, 0.25) is 0 Å². The van der Waals surface area contributed by atoms with Crippen molar-refractivity contribution in [1.82, 2.24) is 10.3 Å². The van der Waals surface area contributed by atoms with Crippen molar-refractivity contribution in [3.05, 3.63) is 54.2 Å². The molecule has 0 saturated heterocycles. The van der Waals surface area contributed by atoms with E-state index < -0.39 is 0 Å². The number of nitrogens with one attached hydrogen (secondary N) is 1. The van der Waals surface area contributed by atoms with E-state index in [1.807, 2.05) is 12.1 Å². The first-order chi connectivity index (χ1) is 12.7. The lowest BCUT2D eigenvalue weighted by molar-refractivity contribution is 0.0953. The van der Waals surface area contributed by atoms with E-state index in [1.165, 1.54) is 0 Å². The van der Waals surface area contributed by atoms with Crippen LogP contribution in [0.15, 0.2) is 43.1 Å². The Morgan fingerprint density at radius 1 is 1.19 bits per heavy atom. The molecule has 2 rings (SSSR count). The number of carbonyl (C=O) groups is 1. The van der Waals surface area contributed by atoms with Crippen LogP contribution in [0.5, 0.6) is 5.75 Å². The van der Waals surface area contributed by atoms with E-state index in [0.29, 0.717) is 17.9 Å². The Kier molecular flexibility index (Phi) is 7.83. The third-order valence-corrected chi connectivity index (χ3v) is 4.17. The van der Waals surface area contributed by atoms with Gasteiger partial charge in [0.1, 0.15) is 5.75 Å². The molecule has 0 unspecified atom stereocenters. The van der Waals surface area contributed by atoms with Crippen molar-refractivity contribution in [1.29, 1.82) is 0 Å². The Labute approximate surface area is 154 Å². The van der Waals surface area contributed by atoms with Crippen molar-refractivity contribution in [2.45, 2.75) is 25.7 Å². The molecule has 1 amide bonds. The molecule has 0 aliphatic heterocycles. The average molecular weight is 354 g/mol. The summed E-state index contributed by atoms with van der Waals surface area (Å²) in [6, 6.07) is 9.15. The van der Waals surface area contributed by atoms with Gasteiger partial charge in [0.15, 0.2) is 0 Å². The SMILES string of the molecule is C=Cc1c(OC)ccnc1-c1ccc(C(=O)NCCCCCCO)cc1. The van der Waals surface area contributed by atoms with Crippen molar-refractivity contribution in [3.8, 4) is 17.0 Å². The van der Waals surface area contributed by atoms with Gasteiger partial charge < -0.3 is 15.2 Å². The van der Waals surface area contributed by atoms with Crippen LogP contribution in [0, 0.1) is 0 Å². The fourth-order valence-electron chi connectivity index (χ4n) is 2.73. The smallest absolute Gasteiger partial charge is 0.251 e. The van der Waals surface area contributed by atoms with Gasteiger partial charge >= 0.3 is 0 Å². The van der Waals surface area contributed by atoms with Crippen molar-refractivity contribution in [2.75, 3.05) is 20.3 Å². The zero-order valence-electron chi connectivity index (χ0n) is 15.2. The van der Waals surface area contributed by atoms with Crippen LogP contribution in [-0.4, -0.2) is 36.3 Å². The van der Waals surface area contributed by atoms with Crippen LogP contribution in [0.1, 0.15) is 41.6 Å². The van der Waals surface area contributed by atoms with E-state index in [2.05, 4.69) is 16.9 Å². The minimum absolute atomic E-state index is 0.0822. The number of ether oxygens (including phenoxy) is 1. The molecular weight excluding hydrogens is 328 g/mol. The molecule has 0 radical (unpaired) electrons. The summed E-state index contributed by atoms with van der Waals surface area (Å²) in [4.78, 5) is 16.6. The minimum atomic E-state index is -0.0822. The number of aromatic nitrogens is 1. The van der Waals surface area contributed by atoms with Crippen LogP contribution >= 0.6 is 0 Å². The predicted molar refractivity (Wildman–Crippen MR) is 104 cm³/mol. The van der Waals surface area contributed by atoms with Gasteiger partial charge in [-0.25, -0.2) is 0 Å². The van der Waals surface area contributed by atoms with Gasteiger partial charge in [-0.2, -0.15) is 0 Å². The molecular formula is C21H26N2O3. The van der Waals surface area contributed by atoms with Gasteiger partial charge in [0.25, 0.3) is 5.91 Å². The lowest BCUT2D eigenvalue weighted by Crippen LogP contribution is -2.24. The summed E-state index contributed by atoms with van der Waals surface area (Å²) in [6.07, 6.45) is 7.14. The van der Waals surface area contributed by atoms with Crippen molar-refractivity contribution >= 4 is 12.0 Å². The van der Waals surface area contributed by atoms with Crippen molar-refractivity contribution in [3.63, 3.8) is 0 Å². The fourth-order valence-corrected chi connectivity index (χ4v) is 2.73. The van der Waals surface area contributed by atoms with Crippen LogP contribution in [0.3, 0.4) is 0 Å². The quantitative estimate of drug-likeness (QED) is 0.639. The number of hydrogen-bond acceptors (Lipinski definition) is 4. The van der Waals surface area contributed by atoms with E-state index >= 15 is 0 Å². The molecule has 2 aromatic rings. The number of hydrogen-bond donors (Lipinski definition) is 2. The molecule has 1 aromatic heterocycles. The molecule has 0 fully saturated rings. The summed E-state index contributed by atoms with van der Waals surface area (Å²) in [5, 5.41) is 11.7. The number of carbonyl (C=O) groups excluding carboxylic acids is 1. The monoisotopic (exact) mass is 354 g/mol. The van der Waals surface area contributed by atoms with E-state index in [4.69, 9.17) is 9.84 Å². The first-order valence-corrected chi connectivity index (χ1v) is 8.86. The normalized spacial score (nSPS) is 10.4. The molecule has 5 heteroatoms. The zero-order chi connectivity index (χ0) is 18.8. The summed E-state index contributed by atoms with van der Waals surface area (Å²) in [5.74, 6) is 0.634. The number of methoxy groups -OCH3 is 1. The largest absolute Gasteiger partial charge is 0.496 e. The lowest BCUT2D eigenvalue weighted by atomic mass is 10.0. The highest BCUT2D eigenvalue weighted by Crippen LogP contribution is 2.29. The number of pyridine rings is 1. The van der Waals surface area contributed by atoms with Crippen LogP contribution in [0.4, 0.5) is 0 Å². The third kappa shape index (κ3) is 5.17. The van der Waals surface area contributed by atoms with Gasteiger partial charge in [0.05, 0.1) is 12.8 Å². The molecule has 1 aromatic carbocycles. The average Bonchev–Trinajstić information content (AvgIpc) is 2.69. The molecule has 0 aliphatic rings. The second kappa shape index (κ2) is 10.4. The van der Waals surface area contributed by atoms with Crippen molar-refractivity contribution in [2.24, 2.45) is 0 Å². The Morgan fingerprint density at radius 2 is 1.92 bits per heavy atom. The summed E-state index contributed by atoms with van der Waals surface area (Å²) in [5.41, 5.74) is 3.12. The van der Waals surface area contributed by atoms with E-state index in [1.54, 1.807) is 37.6 Å². The van der Waals surface area contributed by atoms with Gasteiger partial charge in [-0.1, -0.05) is 37.6 Å². The molecule has 0 atom stereocenters. The second-order valence-electron chi connectivity index (χ2n) is 5.95. The Balaban J connectivity index is 2.00. The molecule has 2 N–H and O–H groups in total. The molecule has 0 saturated carbocycles. The number of benzene rings is 1. The molecule has 0 bridgehead atoms. The maximum Gasteiger partial charge on any atom is 0.251 e. The zero-order valence-corrected chi connectivity index (χ0v) is 15.2. The third-order valence-electron chi connectivity index (χ3n) is 4.17. The Bertz CT molecular complexity index is 727. The molecule has 0 aliphatic carbocycles. The highest BCUT2D eigenvalue weighted by molar-refractivity contribution is 5.94. The highest BCUT2D eigenvalue weighted by Gasteiger charge is 2.11. The van der Waals surface area contributed by atoms with Crippen LogP contribution in [-0.2, 0) is 0 Å². The first-order valence-electron chi connectivity index (χ1n) is 8.86. The van der Waals surface area contributed by atoms with Crippen LogP contribution < -0.4 is 10.1 Å². The van der Waals surface area contributed by atoms with Crippen molar-refractivity contribution < 1.29 is 14.6 Å². The molecule has 26 heavy (non-hydrogen) atoms. The van der Waals surface area contributed by atoms with Gasteiger partial charge in [-0.05, 0) is 31.0 Å². The Hall–Kier alpha value is -2.66. The van der Waals surface area contributed by atoms with Crippen LogP contribution in [0.25, 0.3) is 17.3 Å². The lowest BCUT2D eigenvalue weighted by Gasteiger charge is -2.10. The highest BCUT2D eigenvalue weighted by atomic mass is 16.5. The van der Waals surface area contributed by atoms with Gasteiger partial charge in [-0.15, -0.1) is 0 Å². The van der Waals surface area contributed by atoms with Crippen LogP contribution in [0.2, 0.25) is 0 Å². The van der Waals surface area contributed by atoms with Gasteiger partial charge in [-0.3, -0.25) is 9.78 Å². The number of aliphatic hydroxyl groups excluding tert-OH is 1. The molecule has 138 valence electrons. The maximum atomic E-state index is 12.2. The molecule has 0 spiro atoms. The summed E-state index contributed by atoms with van der Waals surface area (Å²) in [6.45, 7) is 4.71. The summed E-state index contributed by atoms with van der Waals surface area (Å²) < 4.78 is 5.35. The number of unbranched alkanes of at least 4 members (excludes halogenated alkanes) is 3. The summed E-state index contributed by atoms with van der Waals surface area (Å²) in [7, 11) is 1.61. The topological polar surface area (TPSA) is 71.5 Å². The number of nitrogens with zero attached hydrogens (tertiary/aromatic N) is 1. The maximum absolute atomic E-state index is 12.2. The number of amides is 1. The number of aliphatic hydroxyl groups is 1. The second-order valence-corrected chi connectivity index (χ2v) is 5.95. The van der Waals surface area contributed by atoms with E-state index in [0.717, 1.165) is 42.5 Å². The molecule has 1 heterocycles. The molecule has 5 nitrogen and oxygen atoms in total. The summed E-state index contributed by atoms with van der Waals surface area (Å²) >= 11 is 0. The fraction of sp³-hybridized carbons (Fsp3) is 0.333. The first kappa shape index (κ1) is 19.7. The minimum Gasteiger partial charge on any atom is -0.496 e. The Morgan fingerprint density at radius 3 is 2.58 bits per heavy atom. The van der Waals surface area contributed by atoms with E-state index in [-0.39, 0.29) is 12.5 Å². The van der Waals surface area contributed by atoms with E-state index in [9.17, 15) is 4.79 Å². The predicted octanol–water partition coefficient (Wildman–Crippen LogP) is 3.68.